The number of rotatable bonds is 4. The smallest absolute Gasteiger partial charge is 0.130 e. The third-order valence-corrected chi connectivity index (χ3v) is 2.11. The maximum absolute atomic E-state index is 9.19. The first-order valence-corrected chi connectivity index (χ1v) is 4.63. The number of ether oxygens (including phenoxy) is 2. The second kappa shape index (κ2) is 5.09. The number of aromatic hydroxyl groups is 1. The molecular formula is C9H11BrO3. The van der Waals surface area contributed by atoms with Crippen LogP contribution in [-0.4, -0.2) is 25.4 Å². The second-order valence-corrected chi connectivity index (χ2v) is 3.31. The van der Waals surface area contributed by atoms with Crippen LogP contribution in [0, 0.1) is 0 Å². The fourth-order valence-electron chi connectivity index (χ4n) is 0.820. The van der Waals surface area contributed by atoms with Gasteiger partial charge in [-0.3, -0.25) is 0 Å². The Morgan fingerprint density at radius 1 is 1.38 bits per heavy atom. The highest BCUT2D eigenvalue weighted by Crippen LogP contribution is 2.27. The molecule has 0 atom stereocenters. The van der Waals surface area contributed by atoms with Crippen LogP contribution in [0.25, 0.3) is 0 Å². The largest absolute Gasteiger partial charge is 0.507 e. The van der Waals surface area contributed by atoms with Crippen molar-refractivity contribution >= 4 is 15.9 Å². The fraction of sp³-hybridized carbons (Fsp3) is 0.333. The van der Waals surface area contributed by atoms with Gasteiger partial charge in [0.15, 0.2) is 0 Å². The number of benzene rings is 1. The Morgan fingerprint density at radius 2 is 2.15 bits per heavy atom. The van der Waals surface area contributed by atoms with E-state index < -0.39 is 0 Å². The van der Waals surface area contributed by atoms with Gasteiger partial charge in [-0.05, 0) is 34.1 Å². The molecule has 0 heterocycles. The maximum atomic E-state index is 9.19. The number of methoxy groups -OCH3 is 1. The second-order valence-electron chi connectivity index (χ2n) is 2.45. The van der Waals surface area contributed by atoms with Crippen molar-refractivity contribution in [1.29, 1.82) is 0 Å². The highest BCUT2D eigenvalue weighted by molar-refractivity contribution is 9.10. The van der Waals surface area contributed by atoms with E-state index in [4.69, 9.17) is 9.47 Å². The van der Waals surface area contributed by atoms with Crippen molar-refractivity contribution in [3.8, 4) is 11.5 Å². The number of phenolic OH excluding ortho intramolecular Hbond substituents is 1. The summed E-state index contributed by atoms with van der Waals surface area (Å²) < 4.78 is 10.8. The van der Waals surface area contributed by atoms with Crippen molar-refractivity contribution in [3.05, 3.63) is 22.7 Å². The number of hydrogen-bond acceptors (Lipinski definition) is 3. The fourth-order valence-corrected chi connectivity index (χ4v) is 1.18. The van der Waals surface area contributed by atoms with E-state index in [1.165, 1.54) is 0 Å². The van der Waals surface area contributed by atoms with Crippen LogP contribution in [0.2, 0.25) is 0 Å². The number of phenols is 1. The van der Waals surface area contributed by atoms with Crippen LogP contribution in [0.5, 0.6) is 11.5 Å². The third kappa shape index (κ3) is 3.24. The monoisotopic (exact) mass is 246 g/mol. The lowest BCUT2D eigenvalue weighted by Gasteiger charge is -2.05. The van der Waals surface area contributed by atoms with E-state index in [2.05, 4.69) is 15.9 Å². The highest BCUT2D eigenvalue weighted by Gasteiger charge is 1.99. The SMILES string of the molecule is COCCOc1ccc(O)c(Br)c1. The molecule has 3 nitrogen and oxygen atoms in total. The normalized spacial score (nSPS) is 10.0. The van der Waals surface area contributed by atoms with Crippen molar-refractivity contribution in [2.75, 3.05) is 20.3 Å². The van der Waals surface area contributed by atoms with Gasteiger partial charge < -0.3 is 14.6 Å². The molecule has 13 heavy (non-hydrogen) atoms. The van der Waals surface area contributed by atoms with Crippen molar-refractivity contribution < 1.29 is 14.6 Å². The lowest BCUT2D eigenvalue weighted by atomic mass is 10.3. The Kier molecular flexibility index (Phi) is 4.05. The van der Waals surface area contributed by atoms with E-state index in [9.17, 15) is 5.11 Å². The molecule has 0 unspecified atom stereocenters. The number of halogens is 1. The Bertz CT molecular complexity index is 276. The molecule has 72 valence electrons. The molecule has 0 amide bonds. The first-order valence-electron chi connectivity index (χ1n) is 3.84. The minimum Gasteiger partial charge on any atom is -0.507 e. The molecule has 0 radical (unpaired) electrons. The van der Waals surface area contributed by atoms with Gasteiger partial charge in [0, 0.05) is 7.11 Å². The van der Waals surface area contributed by atoms with E-state index in [-0.39, 0.29) is 5.75 Å². The Balaban J connectivity index is 2.53. The molecule has 0 saturated carbocycles. The molecule has 0 spiro atoms. The summed E-state index contributed by atoms with van der Waals surface area (Å²) in [5.41, 5.74) is 0. The lowest BCUT2D eigenvalue weighted by Crippen LogP contribution is -2.03. The van der Waals surface area contributed by atoms with E-state index in [0.717, 1.165) is 0 Å². The van der Waals surface area contributed by atoms with Gasteiger partial charge in [-0.15, -0.1) is 0 Å². The quantitative estimate of drug-likeness (QED) is 0.829. The average Bonchev–Trinajstić information content (AvgIpc) is 2.12. The van der Waals surface area contributed by atoms with Crippen LogP contribution >= 0.6 is 15.9 Å². The summed E-state index contributed by atoms with van der Waals surface area (Å²) in [6.45, 7) is 1.06. The first kappa shape index (κ1) is 10.3. The predicted octanol–water partition coefficient (Wildman–Crippen LogP) is 2.18. The van der Waals surface area contributed by atoms with Gasteiger partial charge >= 0.3 is 0 Å². The molecule has 0 aromatic heterocycles. The standard InChI is InChI=1S/C9H11BrO3/c1-12-4-5-13-7-2-3-9(11)8(10)6-7/h2-3,6,11H,4-5H2,1H3. The van der Waals surface area contributed by atoms with Crippen LogP contribution in [0.3, 0.4) is 0 Å². The first-order chi connectivity index (χ1) is 6.24. The van der Waals surface area contributed by atoms with Crippen LogP contribution in [0.1, 0.15) is 0 Å². The molecular weight excluding hydrogens is 236 g/mol. The number of hydrogen-bond donors (Lipinski definition) is 1. The average molecular weight is 247 g/mol. The zero-order valence-corrected chi connectivity index (χ0v) is 8.87. The zero-order valence-electron chi connectivity index (χ0n) is 7.29. The Hall–Kier alpha value is -0.740. The molecule has 1 N–H and O–H groups in total. The molecule has 0 aliphatic heterocycles. The summed E-state index contributed by atoms with van der Waals surface area (Å²) in [7, 11) is 1.62. The minimum atomic E-state index is 0.207. The van der Waals surface area contributed by atoms with Crippen molar-refractivity contribution in [1.82, 2.24) is 0 Å². The van der Waals surface area contributed by atoms with Crippen molar-refractivity contribution in [2.24, 2.45) is 0 Å². The predicted molar refractivity (Wildman–Crippen MR) is 53.2 cm³/mol. The molecule has 1 aromatic carbocycles. The van der Waals surface area contributed by atoms with Gasteiger partial charge in [-0.2, -0.15) is 0 Å². The molecule has 0 bridgehead atoms. The van der Waals surface area contributed by atoms with E-state index >= 15 is 0 Å². The molecule has 0 fully saturated rings. The van der Waals surface area contributed by atoms with E-state index in [0.29, 0.717) is 23.4 Å². The Labute approximate surface area is 85.4 Å². The zero-order chi connectivity index (χ0) is 9.68. The minimum absolute atomic E-state index is 0.207. The maximum Gasteiger partial charge on any atom is 0.130 e. The van der Waals surface area contributed by atoms with Crippen molar-refractivity contribution in [3.63, 3.8) is 0 Å². The molecule has 0 saturated heterocycles. The summed E-state index contributed by atoms with van der Waals surface area (Å²) in [5.74, 6) is 0.917. The highest BCUT2D eigenvalue weighted by atomic mass is 79.9. The summed E-state index contributed by atoms with van der Waals surface area (Å²) >= 11 is 3.19. The van der Waals surface area contributed by atoms with E-state index in [1.54, 1.807) is 25.3 Å². The lowest BCUT2D eigenvalue weighted by molar-refractivity contribution is 0.146. The van der Waals surface area contributed by atoms with Crippen LogP contribution in [0.15, 0.2) is 22.7 Å². The van der Waals surface area contributed by atoms with Crippen molar-refractivity contribution in [2.45, 2.75) is 0 Å². The summed E-state index contributed by atoms with van der Waals surface area (Å²) in [6, 6.07) is 4.99. The van der Waals surface area contributed by atoms with Crippen LogP contribution in [0.4, 0.5) is 0 Å². The van der Waals surface area contributed by atoms with Crippen LogP contribution < -0.4 is 4.74 Å². The van der Waals surface area contributed by atoms with Gasteiger partial charge in [0.05, 0.1) is 11.1 Å². The van der Waals surface area contributed by atoms with Gasteiger partial charge in [0.2, 0.25) is 0 Å². The molecule has 0 aliphatic carbocycles. The molecule has 1 aromatic rings. The van der Waals surface area contributed by atoms with Gasteiger partial charge in [-0.25, -0.2) is 0 Å². The molecule has 0 aliphatic rings. The summed E-state index contributed by atoms with van der Waals surface area (Å²) in [6.07, 6.45) is 0. The van der Waals surface area contributed by atoms with Gasteiger partial charge in [0.25, 0.3) is 0 Å². The Morgan fingerprint density at radius 3 is 2.77 bits per heavy atom. The topological polar surface area (TPSA) is 38.7 Å². The van der Waals surface area contributed by atoms with Gasteiger partial charge in [0.1, 0.15) is 18.1 Å². The summed E-state index contributed by atoms with van der Waals surface area (Å²) in [5, 5.41) is 9.19. The molecule has 1 rings (SSSR count). The summed E-state index contributed by atoms with van der Waals surface area (Å²) in [4.78, 5) is 0. The molecule has 4 heteroatoms. The van der Waals surface area contributed by atoms with Crippen LogP contribution in [-0.2, 0) is 4.74 Å². The van der Waals surface area contributed by atoms with E-state index in [1.807, 2.05) is 0 Å². The van der Waals surface area contributed by atoms with Gasteiger partial charge in [-0.1, -0.05) is 0 Å². The third-order valence-electron chi connectivity index (χ3n) is 1.48.